The van der Waals surface area contributed by atoms with Gasteiger partial charge >= 0.3 is 0 Å². The number of hydrogen-bond donors (Lipinski definition) is 1. The second-order valence-electron chi connectivity index (χ2n) is 4.79. The summed E-state index contributed by atoms with van der Waals surface area (Å²) in [5.74, 6) is -0.117. The number of carbonyl (C=O) groups excluding carboxylic acids is 1. The molecule has 2 nitrogen and oxygen atoms in total. The maximum absolute atomic E-state index is 12.2. The van der Waals surface area contributed by atoms with E-state index < -0.39 is 6.10 Å². The maximum atomic E-state index is 12.2. The number of hydrogen-bond acceptors (Lipinski definition) is 2. The molecule has 2 atom stereocenters. The largest absolute Gasteiger partial charge is 0.388 e. The van der Waals surface area contributed by atoms with Crippen LogP contribution in [0, 0.1) is 5.92 Å². The van der Waals surface area contributed by atoms with Crippen molar-refractivity contribution in [1.29, 1.82) is 0 Å². The molecule has 0 aliphatic heterocycles. The fourth-order valence-corrected chi connectivity index (χ4v) is 2.14. The molecule has 0 spiro atoms. The predicted octanol–water partition coefficient (Wildman–Crippen LogP) is 3.63. The van der Waals surface area contributed by atoms with Crippen molar-refractivity contribution >= 4 is 5.78 Å². The number of carbonyl (C=O) groups is 1. The van der Waals surface area contributed by atoms with Crippen LogP contribution >= 0.6 is 0 Å². The third-order valence-corrected chi connectivity index (χ3v) is 3.27. The number of Topliss-reactive ketones (excluding diaryl/α,β-unsaturated/α-hetero) is 1. The van der Waals surface area contributed by atoms with Gasteiger partial charge in [-0.1, -0.05) is 67.6 Å². The zero-order chi connectivity index (χ0) is 13.7. The first kappa shape index (κ1) is 13.5. The van der Waals surface area contributed by atoms with Crippen LogP contribution in [0.3, 0.4) is 0 Å². The number of aliphatic hydroxyl groups is 1. The molecule has 0 radical (unpaired) electrons. The van der Waals surface area contributed by atoms with Crippen LogP contribution in [0.4, 0.5) is 0 Å². The normalized spacial score (nSPS) is 13.8. The van der Waals surface area contributed by atoms with E-state index in [0.717, 1.165) is 5.56 Å². The molecule has 2 aromatic carbocycles. The van der Waals surface area contributed by atoms with Crippen molar-refractivity contribution in [3.05, 3.63) is 71.8 Å². The zero-order valence-corrected chi connectivity index (χ0v) is 11.0. The van der Waals surface area contributed by atoms with E-state index in [9.17, 15) is 9.90 Å². The Morgan fingerprint density at radius 2 is 1.53 bits per heavy atom. The fraction of sp³-hybridized carbons (Fsp3) is 0.235. The van der Waals surface area contributed by atoms with Gasteiger partial charge in [0.15, 0.2) is 5.78 Å². The van der Waals surface area contributed by atoms with E-state index >= 15 is 0 Å². The highest BCUT2D eigenvalue weighted by Gasteiger charge is 2.19. The third kappa shape index (κ3) is 3.52. The Hall–Kier alpha value is -1.93. The summed E-state index contributed by atoms with van der Waals surface area (Å²) in [6.07, 6.45) is -0.151. The average molecular weight is 254 g/mol. The van der Waals surface area contributed by atoms with Crippen molar-refractivity contribution in [3.63, 3.8) is 0 Å². The SMILES string of the molecule is CC(CC(O)c1ccccc1)C(=O)c1ccccc1. The van der Waals surface area contributed by atoms with E-state index in [2.05, 4.69) is 0 Å². The van der Waals surface area contributed by atoms with Gasteiger partial charge in [0.1, 0.15) is 0 Å². The molecular formula is C17H18O2. The van der Waals surface area contributed by atoms with Crippen LogP contribution in [0.15, 0.2) is 60.7 Å². The Labute approximate surface area is 113 Å². The first-order chi connectivity index (χ1) is 9.18. The van der Waals surface area contributed by atoms with Gasteiger partial charge < -0.3 is 5.11 Å². The molecule has 0 saturated heterocycles. The van der Waals surface area contributed by atoms with Crippen LogP contribution in [-0.4, -0.2) is 10.9 Å². The second-order valence-corrected chi connectivity index (χ2v) is 4.79. The van der Waals surface area contributed by atoms with E-state index in [0.29, 0.717) is 12.0 Å². The van der Waals surface area contributed by atoms with Crippen molar-refractivity contribution in [3.8, 4) is 0 Å². The van der Waals surface area contributed by atoms with Gasteiger partial charge in [0.05, 0.1) is 6.10 Å². The highest BCUT2D eigenvalue weighted by Crippen LogP contribution is 2.23. The number of aliphatic hydroxyl groups excluding tert-OH is 1. The Morgan fingerprint density at radius 1 is 1.00 bits per heavy atom. The van der Waals surface area contributed by atoms with Crippen LogP contribution in [0.5, 0.6) is 0 Å². The van der Waals surface area contributed by atoms with Crippen molar-refractivity contribution in [2.75, 3.05) is 0 Å². The summed E-state index contributed by atoms with van der Waals surface area (Å²) in [5.41, 5.74) is 1.56. The number of rotatable bonds is 5. The Balaban J connectivity index is 2.02. The molecule has 2 rings (SSSR count). The smallest absolute Gasteiger partial charge is 0.165 e. The summed E-state index contributed by atoms with van der Waals surface area (Å²) in [7, 11) is 0. The molecule has 2 unspecified atom stereocenters. The summed E-state index contributed by atoms with van der Waals surface area (Å²) >= 11 is 0. The predicted molar refractivity (Wildman–Crippen MR) is 76.0 cm³/mol. The molecule has 0 heterocycles. The molecule has 0 aliphatic carbocycles. The molecule has 0 amide bonds. The van der Waals surface area contributed by atoms with Crippen LogP contribution in [-0.2, 0) is 0 Å². The van der Waals surface area contributed by atoms with E-state index in [4.69, 9.17) is 0 Å². The minimum Gasteiger partial charge on any atom is -0.388 e. The minimum absolute atomic E-state index is 0.0792. The van der Waals surface area contributed by atoms with E-state index in [1.165, 1.54) is 0 Å². The highest BCUT2D eigenvalue weighted by atomic mass is 16.3. The van der Waals surface area contributed by atoms with Gasteiger partial charge in [-0.15, -0.1) is 0 Å². The van der Waals surface area contributed by atoms with E-state index in [-0.39, 0.29) is 11.7 Å². The summed E-state index contributed by atoms with van der Waals surface area (Å²) < 4.78 is 0. The molecule has 98 valence electrons. The quantitative estimate of drug-likeness (QED) is 0.827. The molecule has 2 aromatic rings. The third-order valence-electron chi connectivity index (χ3n) is 3.27. The molecule has 0 aliphatic rings. The average Bonchev–Trinajstić information content (AvgIpc) is 2.48. The minimum atomic E-state index is -0.594. The topological polar surface area (TPSA) is 37.3 Å². The lowest BCUT2D eigenvalue weighted by molar-refractivity contribution is 0.0852. The lowest BCUT2D eigenvalue weighted by atomic mass is 9.91. The van der Waals surface area contributed by atoms with Crippen molar-refractivity contribution in [1.82, 2.24) is 0 Å². The molecule has 2 heteroatoms. The van der Waals surface area contributed by atoms with Crippen LogP contribution in [0.25, 0.3) is 0 Å². The van der Waals surface area contributed by atoms with Crippen molar-refractivity contribution in [2.45, 2.75) is 19.4 Å². The Bertz CT molecular complexity index is 519. The zero-order valence-electron chi connectivity index (χ0n) is 11.0. The van der Waals surface area contributed by atoms with Crippen molar-refractivity contribution < 1.29 is 9.90 Å². The molecule has 0 fully saturated rings. The summed E-state index contributed by atoms with van der Waals surface area (Å²) in [6.45, 7) is 1.86. The first-order valence-electron chi connectivity index (χ1n) is 6.50. The lowest BCUT2D eigenvalue weighted by Gasteiger charge is -2.16. The standard InChI is InChI=1S/C17H18O2/c1-13(17(19)15-10-6-3-7-11-15)12-16(18)14-8-4-2-5-9-14/h2-11,13,16,18H,12H2,1H3. The van der Waals surface area contributed by atoms with Gasteiger partial charge in [0, 0.05) is 11.5 Å². The number of benzene rings is 2. The summed E-state index contributed by atoms with van der Waals surface area (Å²) in [4.78, 5) is 12.2. The van der Waals surface area contributed by atoms with E-state index in [1.54, 1.807) is 0 Å². The number of ketones is 1. The fourth-order valence-electron chi connectivity index (χ4n) is 2.14. The van der Waals surface area contributed by atoms with Crippen molar-refractivity contribution in [2.24, 2.45) is 5.92 Å². The summed E-state index contributed by atoms with van der Waals surface area (Å²) in [5, 5.41) is 10.1. The second kappa shape index (κ2) is 6.30. The first-order valence-corrected chi connectivity index (χ1v) is 6.50. The molecule has 1 N–H and O–H groups in total. The molecule has 19 heavy (non-hydrogen) atoms. The van der Waals surface area contributed by atoms with E-state index in [1.807, 2.05) is 67.6 Å². The highest BCUT2D eigenvalue weighted by molar-refractivity contribution is 5.97. The van der Waals surface area contributed by atoms with Gasteiger partial charge in [-0.2, -0.15) is 0 Å². The molecule has 0 saturated carbocycles. The lowest BCUT2D eigenvalue weighted by Crippen LogP contribution is -2.14. The van der Waals surface area contributed by atoms with Crippen LogP contribution < -0.4 is 0 Å². The van der Waals surface area contributed by atoms with Gasteiger partial charge in [-0.05, 0) is 12.0 Å². The van der Waals surface area contributed by atoms with Crippen LogP contribution in [0.1, 0.15) is 35.4 Å². The van der Waals surface area contributed by atoms with Gasteiger partial charge in [0.2, 0.25) is 0 Å². The van der Waals surface area contributed by atoms with Crippen LogP contribution in [0.2, 0.25) is 0 Å². The monoisotopic (exact) mass is 254 g/mol. The van der Waals surface area contributed by atoms with Gasteiger partial charge in [-0.25, -0.2) is 0 Å². The maximum Gasteiger partial charge on any atom is 0.165 e. The van der Waals surface area contributed by atoms with Gasteiger partial charge in [0.25, 0.3) is 0 Å². The van der Waals surface area contributed by atoms with Gasteiger partial charge in [-0.3, -0.25) is 4.79 Å². The molecule has 0 aromatic heterocycles. The Morgan fingerprint density at radius 3 is 2.11 bits per heavy atom. The summed E-state index contributed by atoms with van der Waals surface area (Å²) in [6, 6.07) is 18.7. The Kier molecular flexibility index (Phi) is 4.48. The molecule has 0 bridgehead atoms. The molecular weight excluding hydrogens is 236 g/mol.